The van der Waals surface area contributed by atoms with E-state index in [1.807, 2.05) is 30.3 Å². The van der Waals surface area contributed by atoms with Crippen molar-refractivity contribution in [2.75, 3.05) is 14.2 Å². The van der Waals surface area contributed by atoms with Gasteiger partial charge in [0.25, 0.3) is 11.7 Å². The Hall–Kier alpha value is -4.69. The monoisotopic (exact) mass is 559 g/mol. The molecule has 5 rings (SSSR count). The fourth-order valence-electron chi connectivity index (χ4n) is 4.67. The zero-order chi connectivity index (χ0) is 28.2. The van der Waals surface area contributed by atoms with E-state index in [0.717, 1.165) is 5.56 Å². The molecule has 1 aliphatic rings. The van der Waals surface area contributed by atoms with E-state index in [9.17, 15) is 14.7 Å². The maximum absolute atomic E-state index is 13.5. The molecule has 40 heavy (non-hydrogen) atoms. The maximum atomic E-state index is 13.5. The van der Waals surface area contributed by atoms with Crippen molar-refractivity contribution in [2.45, 2.75) is 19.2 Å². The topological polar surface area (TPSA) is 98.4 Å². The summed E-state index contributed by atoms with van der Waals surface area (Å²) in [6, 6.07) is 22.2. The van der Waals surface area contributed by atoms with Crippen molar-refractivity contribution in [3.05, 3.63) is 118 Å². The van der Waals surface area contributed by atoms with E-state index in [-0.39, 0.29) is 28.5 Å². The number of ether oxygens (including phenoxy) is 3. The molecule has 1 atom stereocenters. The molecule has 0 spiro atoms. The highest BCUT2D eigenvalue weighted by atomic mass is 35.5. The molecule has 3 aromatic carbocycles. The van der Waals surface area contributed by atoms with Crippen LogP contribution in [0.4, 0.5) is 0 Å². The van der Waals surface area contributed by atoms with Crippen LogP contribution in [-0.2, 0) is 22.7 Å². The number of benzene rings is 3. The predicted octanol–water partition coefficient (Wildman–Crippen LogP) is 6.15. The number of nitrogens with zero attached hydrogens (tertiary/aromatic N) is 1. The lowest BCUT2D eigenvalue weighted by Crippen LogP contribution is -2.29. The van der Waals surface area contributed by atoms with Gasteiger partial charge in [0, 0.05) is 6.07 Å². The molecular formula is C31H26ClNO7. The molecule has 9 heteroatoms. The summed E-state index contributed by atoms with van der Waals surface area (Å²) in [5.41, 5.74) is 1.58. The molecule has 4 aromatic rings. The molecule has 2 heterocycles. The summed E-state index contributed by atoms with van der Waals surface area (Å²) in [6.07, 6.45) is 1.49. The molecule has 1 amide bonds. The second-order valence-corrected chi connectivity index (χ2v) is 9.45. The van der Waals surface area contributed by atoms with E-state index in [1.54, 1.807) is 36.4 Å². The SMILES string of the molecule is COc1cc(OC)c(/C(O)=C2\C(=O)C(=O)N(Cc3ccco3)C2c2cccc(OCc3ccccc3)c2)cc1Cl. The molecule has 8 nitrogen and oxygen atoms in total. The number of furan rings is 1. The zero-order valence-corrected chi connectivity index (χ0v) is 22.6. The van der Waals surface area contributed by atoms with Gasteiger partial charge in [0.05, 0.1) is 49.2 Å². The maximum Gasteiger partial charge on any atom is 0.296 e. The molecule has 1 saturated heterocycles. The molecule has 1 N–H and O–H groups in total. The Morgan fingerprint density at radius 3 is 2.42 bits per heavy atom. The Bertz CT molecular complexity index is 1560. The lowest BCUT2D eigenvalue weighted by atomic mass is 9.94. The third-order valence-corrected chi connectivity index (χ3v) is 6.89. The fourth-order valence-corrected chi connectivity index (χ4v) is 4.91. The van der Waals surface area contributed by atoms with Gasteiger partial charge >= 0.3 is 0 Å². The van der Waals surface area contributed by atoms with Crippen LogP contribution in [0, 0.1) is 0 Å². The fraction of sp³-hybridized carbons (Fsp3) is 0.161. The van der Waals surface area contributed by atoms with Crippen LogP contribution in [0.25, 0.3) is 5.76 Å². The highest BCUT2D eigenvalue weighted by Crippen LogP contribution is 2.44. The number of amides is 1. The van der Waals surface area contributed by atoms with Gasteiger partial charge in [-0.25, -0.2) is 0 Å². The number of halogens is 1. The predicted molar refractivity (Wildman–Crippen MR) is 148 cm³/mol. The van der Waals surface area contributed by atoms with E-state index >= 15 is 0 Å². The number of carbonyl (C=O) groups is 2. The van der Waals surface area contributed by atoms with Crippen molar-refractivity contribution >= 4 is 29.1 Å². The van der Waals surface area contributed by atoms with Crippen LogP contribution < -0.4 is 14.2 Å². The lowest BCUT2D eigenvalue weighted by Gasteiger charge is -2.25. The van der Waals surface area contributed by atoms with Crippen LogP contribution in [0.1, 0.15) is 28.5 Å². The first-order valence-corrected chi connectivity index (χ1v) is 12.8. The first-order valence-electron chi connectivity index (χ1n) is 12.4. The normalized spacial score (nSPS) is 16.3. The van der Waals surface area contributed by atoms with Crippen LogP contribution in [0.15, 0.2) is 95.1 Å². The number of carbonyl (C=O) groups excluding carboxylic acids is 2. The van der Waals surface area contributed by atoms with Crippen molar-refractivity contribution in [2.24, 2.45) is 0 Å². The van der Waals surface area contributed by atoms with Crippen molar-refractivity contribution in [1.82, 2.24) is 4.90 Å². The van der Waals surface area contributed by atoms with Crippen LogP contribution in [0.3, 0.4) is 0 Å². The minimum absolute atomic E-state index is 0.00856. The second-order valence-electron chi connectivity index (χ2n) is 9.04. The summed E-state index contributed by atoms with van der Waals surface area (Å²) in [4.78, 5) is 28.2. The Labute approximate surface area is 236 Å². The standard InChI is InChI=1S/C31H26ClNO7/c1-37-25-16-26(38-2)24(32)15-23(25)29(34)27-28(33(31(36)30(27)35)17-22-12-7-13-39-22)20-10-6-11-21(14-20)40-18-19-8-4-3-5-9-19/h3-16,28,34H,17-18H2,1-2H3/b29-27+. The molecule has 1 aliphatic heterocycles. The number of hydrogen-bond acceptors (Lipinski definition) is 7. The molecule has 0 bridgehead atoms. The first-order chi connectivity index (χ1) is 19.4. The van der Waals surface area contributed by atoms with Crippen LogP contribution >= 0.6 is 11.6 Å². The minimum Gasteiger partial charge on any atom is -0.507 e. The van der Waals surface area contributed by atoms with E-state index in [2.05, 4.69) is 0 Å². The van der Waals surface area contributed by atoms with Crippen molar-refractivity contribution in [3.8, 4) is 17.2 Å². The Morgan fingerprint density at radius 2 is 1.73 bits per heavy atom. The van der Waals surface area contributed by atoms with Gasteiger partial charge in [0.1, 0.15) is 35.4 Å². The summed E-state index contributed by atoms with van der Waals surface area (Å²) < 4.78 is 22.2. The highest BCUT2D eigenvalue weighted by molar-refractivity contribution is 6.46. The first kappa shape index (κ1) is 26.9. The molecule has 1 unspecified atom stereocenters. The summed E-state index contributed by atoms with van der Waals surface area (Å²) in [7, 11) is 2.87. The lowest BCUT2D eigenvalue weighted by molar-refractivity contribution is -0.140. The molecule has 204 valence electrons. The summed E-state index contributed by atoms with van der Waals surface area (Å²) in [6.45, 7) is 0.340. The van der Waals surface area contributed by atoms with E-state index in [1.165, 1.54) is 37.5 Å². The highest BCUT2D eigenvalue weighted by Gasteiger charge is 2.46. The van der Waals surface area contributed by atoms with Crippen molar-refractivity contribution < 1.29 is 33.3 Å². The van der Waals surface area contributed by atoms with Gasteiger partial charge in [0.15, 0.2) is 0 Å². The number of hydrogen-bond donors (Lipinski definition) is 1. The third-order valence-electron chi connectivity index (χ3n) is 6.60. The van der Waals surface area contributed by atoms with Gasteiger partial charge < -0.3 is 28.6 Å². The summed E-state index contributed by atoms with van der Waals surface area (Å²) >= 11 is 6.35. The minimum atomic E-state index is -0.948. The van der Waals surface area contributed by atoms with Crippen LogP contribution in [0.5, 0.6) is 17.2 Å². The summed E-state index contributed by atoms with van der Waals surface area (Å²) in [5, 5.41) is 11.7. The van der Waals surface area contributed by atoms with Gasteiger partial charge in [-0.1, -0.05) is 54.1 Å². The number of aliphatic hydroxyl groups excluding tert-OH is 1. The van der Waals surface area contributed by atoms with Gasteiger partial charge in [-0.05, 0) is 41.5 Å². The zero-order valence-electron chi connectivity index (χ0n) is 21.8. The molecule has 1 aromatic heterocycles. The number of methoxy groups -OCH3 is 2. The third kappa shape index (κ3) is 5.26. The molecule has 0 radical (unpaired) electrons. The molecule has 1 fully saturated rings. The Morgan fingerprint density at radius 1 is 0.950 bits per heavy atom. The van der Waals surface area contributed by atoms with Crippen molar-refractivity contribution in [3.63, 3.8) is 0 Å². The molecular weight excluding hydrogens is 534 g/mol. The van der Waals surface area contributed by atoms with Gasteiger partial charge in [0.2, 0.25) is 0 Å². The second kappa shape index (κ2) is 11.6. The van der Waals surface area contributed by atoms with E-state index in [4.69, 9.17) is 30.2 Å². The average molecular weight is 560 g/mol. The quantitative estimate of drug-likeness (QED) is 0.149. The number of likely N-dealkylation sites (tertiary alicyclic amines) is 1. The van der Waals surface area contributed by atoms with E-state index in [0.29, 0.717) is 29.4 Å². The van der Waals surface area contributed by atoms with Crippen molar-refractivity contribution in [1.29, 1.82) is 0 Å². The van der Waals surface area contributed by atoms with Crippen LogP contribution in [-0.4, -0.2) is 35.9 Å². The number of ketones is 1. The molecule has 0 saturated carbocycles. The number of rotatable bonds is 9. The van der Waals surface area contributed by atoms with Gasteiger partial charge in [-0.2, -0.15) is 0 Å². The van der Waals surface area contributed by atoms with Gasteiger partial charge in [-0.3, -0.25) is 9.59 Å². The summed E-state index contributed by atoms with van der Waals surface area (Å²) in [5.74, 6) is -0.496. The number of aliphatic hydroxyl groups is 1. The number of Topliss-reactive ketones (excluding diaryl/α,β-unsaturated/α-hetero) is 1. The molecule has 0 aliphatic carbocycles. The van der Waals surface area contributed by atoms with E-state index < -0.39 is 23.5 Å². The Kier molecular flexibility index (Phi) is 7.79. The van der Waals surface area contributed by atoms with Gasteiger partial charge in [-0.15, -0.1) is 0 Å². The average Bonchev–Trinajstić information content (AvgIpc) is 3.58. The Balaban J connectivity index is 1.61. The van der Waals surface area contributed by atoms with Crippen LogP contribution in [0.2, 0.25) is 5.02 Å². The largest absolute Gasteiger partial charge is 0.507 e. The smallest absolute Gasteiger partial charge is 0.296 e.